The van der Waals surface area contributed by atoms with E-state index in [4.69, 9.17) is 23.2 Å². The molecule has 4 nitrogen and oxygen atoms in total. The molecule has 6 heteroatoms. The van der Waals surface area contributed by atoms with Gasteiger partial charge >= 0.3 is 0 Å². The van der Waals surface area contributed by atoms with Crippen LogP contribution in [0.15, 0.2) is 30.6 Å². The third-order valence-corrected chi connectivity index (χ3v) is 3.06. The Morgan fingerprint density at radius 1 is 1.28 bits per heavy atom. The van der Waals surface area contributed by atoms with Crippen molar-refractivity contribution in [3.8, 4) is 0 Å². The summed E-state index contributed by atoms with van der Waals surface area (Å²) in [6, 6.07) is 6.61. The number of anilines is 1. The molecule has 0 saturated carbocycles. The van der Waals surface area contributed by atoms with Crippen molar-refractivity contribution in [1.82, 2.24) is 9.97 Å². The van der Waals surface area contributed by atoms with Crippen molar-refractivity contribution >= 4 is 34.8 Å². The second-order valence-electron chi connectivity index (χ2n) is 3.60. The molecule has 0 spiro atoms. The minimum Gasteiger partial charge on any atom is -0.319 e. The lowest BCUT2D eigenvalue weighted by Gasteiger charge is -2.07. The maximum absolute atomic E-state index is 11.9. The van der Waals surface area contributed by atoms with Crippen molar-refractivity contribution in [3.05, 3.63) is 52.0 Å². The maximum atomic E-state index is 11.9. The highest BCUT2D eigenvalue weighted by atomic mass is 35.5. The fourth-order valence-electron chi connectivity index (χ4n) is 1.37. The predicted molar refractivity (Wildman–Crippen MR) is 71.2 cm³/mol. The molecule has 0 unspecified atom stereocenters. The Balaban J connectivity index is 2.24. The molecular weight excluding hydrogens is 273 g/mol. The first-order chi connectivity index (χ1) is 8.58. The standard InChI is InChI=1S/C12H9Cl2N3O/c1-7-5-10(16-6-15-7)12(18)17-9-4-2-3-8(13)11(9)14/h2-6H,1H3,(H,17,18). The summed E-state index contributed by atoms with van der Waals surface area (Å²) in [4.78, 5) is 19.7. The number of hydrogen-bond acceptors (Lipinski definition) is 3. The first kappa shape index (κ1) is 12.8. The Morgan fingerprint density at radius 3 is 2.78 bits per heavy atom. The number of amides is 1. The first-order valence-electron chi connectivity index (χ1n) is 5.12. The number of nitrogens with one attached hydrogen (secondary N) is 1. The van der Waals surface area contributed by atoms with Crippen LogP contribution in [-0.2, 0) is 0 Å². The van der Waals surface area contributed by atoms with Crippen molar-refractivity contribution in [1.29, 1.82) is 0 Å². The zero-order valence-corrected chi connectivity index (χ0v) is 11.0. The van der Waals surface area contributed by atoms with E-state index < -0.39 is 0 Å². The van der Waals surface area contributed by atoms with E-state index in [1.807, 2.05) is 0 Å². The van der Waals surface area contributed by atoms with E-state index in [0.717, 1.165) is 0 Å². The molecule has 0 saturated heterocycles. The Labute approximate surface area is 114 Å². The molecule has 0 fully saturated rings. The van der Waals surface area contributed by atoms with Crippen LogP contribution >= 0.6 is 23.2 Å². The number of carbonyl (C=O) groups excluding carboxylic acids is 1. The molecule has 0 aliphatic rings. The topological polar surface area (TPSA) is 54.9 Å². The van der Waals surface area contributed by atoms with Crippen LogP contribution in [0.4, 0.5) is 5.69 Å². The lowest BCUT2D eigenvalue weighted by atomic mass is 10.3. The normalized spacial score (nSPS) is 10.2. The minimum absolute atomic E-state index is 0.276. The van der Waals surface area contributed by atoms with Crippen LogP contribution in [0.25, 0.3) is 0 Å². The highest BCUT2D eigenvalue weighted by molar-refractivity contribution is 6.44. The number of rotatable bonds is 2. The largest absolute Gasteiger partial charge is 0.319 e. The molecule has 0 aliphatic carbocycles. The average Bonchev–Trinajstić information content (AvgIpc) is 2.35. The van der Waals surface area contributed by atoms with Gasteiger partial charge in [0.15, 0.2) is 0 Å². The van der Waals surface area contributed by atoms with Crippen molar-refractivity contribution in [2.75, 3.05) is 5.32 Å². The molecule has 1 aromatic heterocycles. The van der Waals surface area contributed by atoms with Crippen molar-refractivity contribution < 1.29 is 4.79 Å². The van der Waals surface area contributed by atoms with Gasteiger partial charge in [-0.25, -0.2) is 9.97 Å². The van der Waals surface area contributed by atoms with E-state index in [9.17, 15) is 4.79 Å². The molecule has 1 aromatic carbocycles. The number of benzene rings is 1. The fourth-order valence-corrected chi connectivity index (χ4v) is 1.71. The van der Waals surface area contributed by atoms with Gasteiger partial charge in [0.2, 0.25) is 0 Å². The molecule has 2 aromatic rings. The summed E-state index contributed by atoms with van der Waals surface area (Å²) in [7, 11) is 0. The second-order valence-corrected chi connectivity index (χ2v) is 4.39. The third-order valence-electron chi connectivity index (χ3n) is 2.24. The van der Waals surface area contributed by atoms with Gasteiger partial charge in [-0.2, -0.15) is 0 Å². The highest BCUT2D eigenvalue weighted by Gasteiger charge is 2.11. The van der Waals surface area contributed by atoms with Gasteiger partial charge in [0, 0.05) is 5.69 Å². The van der Waals surface area contributed by atoms with Crippen molar-refractivity contribution in [2.24, 2.45) is 0 Å². The molecule has 92 valence electrons. The summed E-state index contributed by atoms with van der Waals surface area (Å²) < 4.78 is 0. The van der Waals surface area contributed by atoms with Crippen LogP contribution in [0.5, 0.6) is 0 Å². The molecular formula is C12H9Cl2N3O. The number of aryl methyl sites for hydroxylation is 1. The molecule has 18 heavy (non-hydrogen) atoms. The molecule has 1 heterocycles. The van der Waals surface area contributed by atoms with E-state index in [0.29, 0.717) is 21.4 Å². The van der Waals surface area contributed by atoms with Gasteiger partial charge in [-0.1, -0.05) is 29.3 Å². The van der Waals surface area contributed by atoms with E-state index in [2.05, 4.69) is 15.3 Å². The number of halogens is 2. The second kappa shape index (κ2) is 5.33. The smallest absolute Gasteiger partial charge is 0.274 e. The zero-order valence-electron chi connectivity index (χ0n) is 9.45. The van der Waals surface area contributed by atoms with Gasteiger partial charge in [-0.05, 0) is 25.1 Å². The first-order valence-corrected chi connectivity index (χ1v) is 5.87. The SMILES string of the molecule is Cc1cc(C(=O)Nc2cccc(Cl)c2Cl)ncn1. The van der Waals surface area contributed by atoms with Crippen LogP contribution in [-0.4, -0.2) is 15.9 Å². The van der Waals surface area contributed by atoms with Gasteiger partial charge in [0.25, 0.3) is 5.91 Å². The Morgan fingerprint density at radius 2 is 2.06 bits per heavy atom. The van der Waals surface area contributed by atoms with E-state index >= 15 is 0 Å². The van der Waals surface area contributed by atoms with Gasteiger partial charge in [0.1, 0.15) is 12.0 Å². The summed E-state index contributed by atoms with van der Waals surface area (Å²) in [5, 5.41) is 3.34. The van der Waals surface area contributed by atoms with E-state index in [-0.39, 0.29) is 11.6 Å². The summed E-state index contributed by atoms with van der Waals surface area (Å²) >= 11 is 11.8. The molecule has 0 bridgehead atoms. The molecule has 2 rings (SSSR count). The van der Waals surface area contributed by atoms with Crippen molar-refractivity contribution in [3.63, 3.8) is 0 Å². The molecule has 1 N–H and O–H groups in total. The van der Waals surface area contributed by atoms with Crippen LogP contribution in [0.2, 0.25) is 10.0 Å². The summed E-state index contributed by atoms with van der Waals surface area (Å²) in [6.07, 6.45) is 1.34. The van der Waals surface area contributed by atoms with Crippen LogP contribution < -0.4 is 5.32 Å². The maximum Gasteiger partial charge on any atom is 0.274 e. The lowest BCUT2D eigenvalue weighted by molar-refractivity contribution is 0.102. The molecule has 1 amide bonds. The monoisotopic (exact) mass is 281 g/mol. The number of nitrogens with zero attached hydrogens (tertiary/aromatic N) is 2. The molecule has 0 aliphatic heterocycles. The van der Waals surface area contributed by atoms with Crippen LogP contribution in [0.3, 0.4) is 0 Å². The van der Waals surface area contributed by atoms with Crippen LogP contribution in [0.1, 0.15) is 16.2 Å². The third kappa shape index (κ3) is 2.78. The van der Waals surface area contributed by atoms with Crippen LogP contribution in [0, 0.1) is 6.92 Å². The van der Waals surface area contributed by atoms with Gasteiger partial charge < -0.3 is 5.32 Å². The molecule has 0 atom stereocenters. The number of aromatic nitrogens is 2. The quantitative estimate of drug-likeness (QED) is 0.919. The number of carbonyl (C=O) groups is 1. The van der Waals surface area contributed by atoms with Gasteiger partial charge in [0.05, 0.1) is 15.7 Å². The van der Waals surface area contributed by atoms with Gasteiger partial charge in [-0.15, -0.1) is 0 Å². The Kier molecular flexibility index (Phi) is 3.79. The minimum atomic E-state index is -0.357. The Hall–Kier alpha value is -1.65. The summed E-state index contributed by atoms with van der Waals surface area (Å²) in [6.45, 7) is 1.78. The van der Waals surface area contributed by atoms with Gasteiger partial charge in [-0.3, -0.25) is 4.79 Å². The van der Waals surface area contributed by atoms with E-state index in [1.165, 1.54) is 6.33 Å². The molecule has 0 radical (unpaired) electrons. The highest BCUT2D eigenvalue weighted by Crippen LogP contribution is 2.29. The van der Waals surface area contributed by atoms with E-state index in [1.54, 1.807) is 31.2 Å². The summed E-state index contributed by atoms with van der Waals surface area (Å²) in [5.41, 5.74) is 1.44. The fraction of sp³-hybridized carbons (Fsp3) is 0.0833. The lowest BCUT2D eigenvalue weighted by Crippen LogP contribution is -2.14. The summed E-state index contributed by atoms with van der Waals surface area (Å²) in [5.74, 6) is -0.357. The van der Waals surface area contributed by atoms with Crippen molar-refractivity contribution in [2.45, 2.75) is 6.92 Å². The zero-order chi connectivity index (χ0) is 13.1. The predicted octanol–water partition coefficient (Wildman–Crippen LogP) is 3.34. The number of hydrogen-bond donors (Lipinski definition) is 1. The Bertz CT molecular complexity index is 602. The average molecular weight is 282 g/mol.